The van der Waals surface area contributed by atoms with Crippen molar-refractivity contribution in [2.45, 2.75) is 44.2 Å². The Labute approximate surface area is 100.0 Å². The molecular formula is C11H18N4S. The summed E-state index contributed by atoms with van der Waals surface area (Å²) in [6, 6.07) is 0.283. The third kappa shape index (κ3) is 1.86. The highest BCUT2D eigenvalue weighted by molar-refractivity contribution is 7.99. The quantitative estimate of drug-likeness (QED) is 0.797. The number of aromatic nitrogens is 3. The summed E-state index contributed by atoms with van der Waals surface area (Å²) in [6.45, 7) is 1.01. The van der Waals surface area contributed by atoms with Crippen molar-refractivity contribution in [3.63, 3.8) is 0 Å². The third-order valence-electron chi connectivity index (χ3n) is 3.55. The van der Waals surface area contributed by atoms with Gasteiger partial charge in [0, 0.05) is 30.7 Å². The summed E-state index contributed by atoms with van der Waals surface area (Å²) in [4.78, 5) is 0. The van der Waals surface area contributed by atoms with E-state index in [-0.39, 0.29) is 6.04 Å². The van der Waals surface area contributed by atoms with Gasteiger partial charge in [-0.25, -0.2) is 0 Å². The van der Waals surface area contributed by atoms with Crippen molar-refractivity contribution >= 4 is 11.8 Å². The van der Waals surface area contributed by atoms with Crippen molar-refractivity contribution in [1.82, 2.24) is 14.8 Å². The molecule has 0 aliphatic carbocycles. The second-order valence-electron chi connectivity index (χ2n) is 4.79. The van der Waals surface area contributed by atoms with Crippen LogP contribution < -0.4 is 5.73 Å². The van der Waals surface area contributed by atoms with Crippen molar-refractivity contribution < 1.29 is 0 Å². The number of nitrogens with zero attached hydrogens (tertiary/aromatic N) is 3. The van der Waals surface area contributed by atoms with Gasteiger partial charge in [-0.1, -0.05) is 0 Å². The van der Waals surface area contributed by atoms with Crippen LogP contribution in [-0.2, 0) is 13.0 Å². The Kier molecular flexibility index (Phi) is 2.90. The van der Waals surface area contributed by atoms with Gasteiger partial charge >= 0.3 is 0 Å². The second kappa shape index (κ2) is 4.37. The van der Waals surface area contributed by atoms with Gasteiger partial charge in [-0.05, 0) is 25.0 Å². The molecule has 2 aliphatic rings. The Morgan fingerprint density at radius 1 is 1.31 bits per heavy atom. The van der Waals surface area contributed by atoms with E-state index in [1.807, 2.05) is 11.8 Å². The molecule has 2 aliphatic heterocycles. The molecule has 0 radical (unpaired) electrons. The number of nitrogens with two attached hydrogens (primary N) is 1. The Morgan fingerprint density at radius 2 is 2.25 bits per heavy atom. The van der Waals surface area contributed by atoms with Crippen LogP contribution in [0.5, 0.6) is 0 Å². The molecule has 0 aromatic carbocycles. The van der Waals surface area contributed by atoms with Gasteiger partial charge in [0.25, 0.3) is 0 Å². The van der Waals surface area contributed by atoms with E-state index in [0.717, 1.165) is 25.2 Å². The van der Waals surface area contributed by atoms with E-state index in [1.54, 1.807) is 0 Å². The van der Waals surface area contributed by atoms with Gasteiger partial charge in [0.15, 0.2) is 0 Å². The van der Waals surface area contributed by atoms with Gasteiger partial charge in [-0.3, -0.25) is 0 Å². The van der Waals surface area contributed by atoms with Crippen LogP contribution in [0.2, 0.25) is 0 Å². The Balaban J connectivity index is 1.85. The fourth-order valence-electron chi connectivity index (χ4n) is 2.62. The Hall–Kier alpha value is -0.550. The average molecular weight is 238 g/mol. The maximum atomic E-state index is 5.95. The van der Waals surface area contributed by atoms with Crippen LogP contribution in [0, 0.1) is 0 Å². The molecule has 0 saturated carbocycles. The van der Waals surface area contributed by atoms with Crippen LogP contribution in [-0.4, -0.2) is 32.3 Å². The minimum atomic E-state index is 0.283. The highest BCUT2D eigenvalue weighted by Crippen LogP contribution is 2.31. The molecule has 3 heterocycles. The van der Waals surface area contributed by atoms with Crippen molar-refractivity contribution in [1.29, 1.82) is 0 Å². The highest BCUT2D eigenvalue weighted by atomic mass is 32.2. The monoisotopic (exact) mass is 238 g/mol. The standard InChI is InChI=1S/C11H18N4S/c12-9-3-4-15-10(6-9)13-14-11(15)8-2-1-5-16-7-8/h8-9H,1-7,12H2. The lowest BCUT2D eigenvalue weighted by molar-refractivity contribution is 0.442. The van der Waals surface area contributed by atoms with Crippen molar-refractivity contribution in [3.05, 3.63) is 11.6 Å². The SMILES string of the molecule is NC1CCn2c(nnc2C2CCCSC2)C1. The normalized spacial score (nSPS) is 30.1. The molecule has 1 fully saturated rings. The lowest BCUT2D eigenvalue weighted by Crippen LogP contribution is -2.32. The maximum absolute atomic E-state index is 5.95. The Bertz CT molecular complexity index is 370. The van der Waals surface area contributed by atoms with Crippen LogP contribution in [0.15, 0.2) is 0 Å². The molecule has 0 amide bonds. The first-order valence-electron chi connectivity index (χ1n) is 6.10. The van der Waals surface area contributed by atoms with Crippen LogP contribution >= 0.6 is 11.8 Å². The Morgan fingerprint density at radius 3 is 3.06 bits per heavy atom. The summed E-state index contributed by atoms with van der Waals surface area (Å²) < 4.78 is 2.32. The van der Waals surface area contributed by atoms with Gasteiger partial charge in [0.05, 0.1) is 0 Å². The zero-order chi connectivity index (χ0) is 11.0. The molecule has 0 bridgehead atoms. The summed E-state index contributed by atoms with van der Waals surface area (Å²) >= 11 is 2.05. The lowest BCUT2D eigenvalue weighted by Gasteiger charge is -2.25. The van der Waals surface area contributed by atoms with Crippen molar-refractivity contribution in [2.75, 3.05) is 11.5 Å². The highest BCUT2D eigenvalue weighted by Gasteiger charge is 2.26. The molecule has 2 N–H and O–H groups in total. The molecule has 88 valence electrons. The van der Waals surface area contributed by atoms with Gasteiger partial charge < -0.3 is 10.3 Å². The summed E-state index contributed by atoms with van der Waals surface area (Å²) in [7, 11) is 0. The van der Waals surface area contributed by atoms with Crippen LogP contribution in [0.4, 0.5) is 0 Å². The molecule has 2 unspecified atom stereocenters. The van der Waals surface area contributed by atoms with E-state index in [9.17, 15) is 0 Å². The summed E-state index contributed by atoms with van der Waals surface area (Å²) in [6.07, 6.45) is 4.55. The van der Waals surface area contributed by atoms with E-state index >= 15 is 0 Å². The molecule has 1 saturated heterocycles. The van der Waals surface area contributed by atoms with Gasteiger partial charge in [0.2, 0.25) is 0 Å². The molecule has 2 atom stereocenters. The minimum absolute atomic E-state index is 0.283. The first-order valence-corrected chi connectivity index (χ1v) is 7.25. The third-order valence-corrected chi connectivity index (χ3v) is 4.77. The maximum Gasteiger partial charge on any atom is 0.136 e. The zero-order valence-corrected chi connectivity index (χ0v) is 10.2. The molecular weight excluding hydrogens is 220 g/mol. The van der Waals surface area contributed by atoms with E-state index in [2.05, 4.69) is 14.8 Å². The molecule has 5 heteroatoms. The molecule has 3 rings (SSSR count). The smallest absolute Gasteiger partial charge is 0.136 e. The van der Waals surface area contributed by atoms with Gasteiger partial charge in [-0.2, -0.15) is 11.8 Å². The molecule has 1 aromatic rings. The van der Waals surface area contributed by atoms with Crippen molar-refractivity contribution in [2.24, 2.45) is 5.73 Å². The van der Waals surface area contributed by atoms with Gasteiger partial charge in [-0.15, -0.1) is 10.2 Å². The molecule has 16 heavy (non-hydrogen) atoms. The number of fused-ring (bicyclic) bond motifs is 1. The van der Waals surface area contributed by atoms with Crippen LogP contribution in [0.1, 0.15) is 36.8 Å². The molecule has 0 spiro atoms. The first-order chi connectivity index (χ1) is 7.84. The van der Waals surface area contributed by atoms with Crippen LogP contribution in [0.3, 0.4) is 0 Å². The topological polar surface area (TPSA) is 56.7 Å². The summed E-state index contributed by atoms with van der Waals surface area (Å²) in [5.74, 6) is 5.46. The van der Waals surface area contributed by atoms with Crippen molar-refractivity contribution in [3.8, 4) is 0 Å². The number of hydrogen-bond acceptors (Lipinski definition) is 4. The average Bonchev–Trinajstić information content (AvgIpc) is 2.73. The fourth-order valence-corrected chi connectivity index (χ4v) is 3.76. The lowest BCUT2D eigenvalue weighted by atomic mass is 10.0. The van der Waals surface area contributed by atoms with Gasteiger partial charge in [0.1, 0.15) is 11.6 Å². The van der Waals surface area contributed by atoms with E-state index in [1.165, 1.54) is 30.2 Å². The largest absolute Gasteiger partial charge is 0.327 e. The minimum Gasteiger partial charge on any atom is -0.327 e. The molecule has 4 nitrogen and oxygen atoms in total. The number of thioether (sulfide) groups is 1. The fraction of sp³-hybridized carbons (Fsp3) is 0.818. The number of hydrogen-bond donors (Lipinski definition) is 1. The van der Waals surface area contributed by atoms with E-state index < -0.39 is 0 Å². The number of rotatable bonds is 1. The summed E-state index contributed by atoms with van der Waals surface area (Å²) in [5, 5.41) is 8.71. The van der Waals surface area contributed by atoms with Crippen LogP contribution in [0.25, 0.3) is 0 Å². The predicted octanol–water partition coefficient (Wildman–Crippen LogP) is 1.16. The van der Waals surface area contributed by atoms with E-state index in [4.69, 9.17) is 5.73 Å². The van der Waals surface area contributed by atoms with E-state index in [0.29, 0.717) is 5.92 Å². The first kappa shape index (κ1) is 10.6. The molecule has 1 aromatic heterocycles. The second-order valence-corrected chi connectivity index (χ2v) is 5.94. The predicted molar refractivity (Wildman–Crippen MR) is 65.6 cm³/mol. The zero-order valence-electron chi connectivity index (χ0n) is 9.43. The summed E-state index contributed by atoms with van der Waals surface area (Å²) in [5.41, 5.74) is 5.95.